The second-order valence-electron chi connectivity index (χ2n) is 2.41. The van der Waals surface area contributed by atoms with E-state index < -0.39 is 0 Å². The first-order chi connectivity index (χ1) is 4.57. The van der Waals surface area contributed by atoms with Gasteiger partial charge in [0, 0.05) is 0 Å². The Balaban J connectivity index is 3.62. The Bertz CT molecular complexity index is 112. The van der Waals surface area contributed by atoms with E-state index in [1.807, 2.05) is 20.8 Å². The maximum Gasteiger partial charge on any atom is 0.319 e. The van der Waals surface area contributed by atoms with Crippen molar-refractivity contribution in [2.24, 2.45) is 0 Å². The van der Waals surface area contributed by atoms with E-state index in [0.717, 1.165) is 0 Å². The first-order valence-electron chi connectivity index (χ1n) is 3.46. The highest BCUT2D eigenvalue weighted by Gasteiger charge is 2.13. The van der Waals surface area contributed by atoms with Gasteiger partial charge in [0.1, 0.15) is 0 Å². The summed E-state index contributed by atoms with van der Waals surface area (Å²) in [6.07, 6.45) is 0.683. The van der Waals surface area contributed by atoms with Gasteiger partial charge in [-0.3, -0.25) is 4.79 Å². The molecule has 1 atom stereocenters. The lowest BCUT2D eigenvalue weighted by Gasteiger charge is -2.10. The average molecular weight is 162 g/mol. The fourth-order valence-corrected chi connectivity index (χ4v) is 0.538. The zero-order chi connectivity index (χ0) is 8.15. The van der Waals surface area contributed by atoms with Crippen LogP contribution in [0.25, 0.3) is 0 Å². The van der Waals surface area contributed by atoms with Gasteiger partial charge in [0.05, 0.1) is 11.4 Å². The molecule has 0 rings (SSSR count). The summed E-state index contributed by atoms with van der Waals surface area (Å²) in [4.78, 5) is 10.9. The number of ether oxygens (including phenoxy) is 1. The van der Waals surface area contributed by atoms with Crippen LogP contribution in [0.3, 0.4) is 0 Å². The van der Waals surface area contributed by atoms with E-state index in [4.69, 9.17) is 4.74 Å². The first kappa shape index (κ1) is 9.82. The molecule has 0 bridgehead atoms. The summed E-state index contributed by atoms with van der Waals surface area (Å²) in [5.41, 5.74) is 0. The van der Waals surface area contributed by atoms with Crippen LogP contribution < -0.4 is 0 Å². The summed E-state index contributed by atoms with van der Waals surface area (Å²) >= 11 is 4.03. The van der Waals surface area contributed by atoms with Gasteiger partial charge >= 0.3 is 5.97 Å². The van der Waals surface area contributed by atoms with Crippen molar-refractivity contribution in [2.75, 3.05) is 0 Å². The van der Waals surface area contributed by atoms with Gasteiger partial charge in [0.2, 0.25) is 0 Å². The van der Waals surface area contributed by atoms with E-state index in [-0.39, 0.29) is 17.3 Å². The molecule has 10 heavy (non-hydrogen) atoms. The van der Waals surface area contributed by atoms with Crippen LogP contribution in [0.4, 0.5) is 0 Å². The molecule has 60 valence electrons. The van der Waals surface area contributed by atoms with Gasteiger partial charge < -0.3 is 4.74 Å². The molecule has 0 saturated carbocycles. The standard InChI is InChI=1S/C7H14O2S/c1-4-6(10)7(8)9-5(2)3/h5-6,10H,4H2,1-3H3. The number of thiol groups is 1. The molecule has 0 aliphatic heterocycles. The van der Waals surface area contributed by atoms with E-state index in [2.05, 4.69) is 12.6 Å². The van der Waals surface area contributed by atoms with Crippen LogP contribution in [0.2, 0.25) is 0 Å². The molecular formula is C7H14O2S. The molecular weight excluding hydrogens is 148 g/mol. The third kappa shape index (κ3) is 3.77. The molecule has 0 aliphatic rings. The van der Waals surface area contributed by atoms with Gasteiger partial charge in [-0.25, -0.2) is 0 Å². The maximum atomic E-state index is 10.9. The van der Waals surface area contributed by atoms with Gasteiger partial charge in [-0.15, -0.1) is 0 Å². The summed E-state index contributed by atoms with van der Waals surface area (Å²) < 4.78 is 4.89. The molecule has 0 saturated heterocycles. The van der Waals surface area contributed by atoms with Crippen LogP contribution in [0.1, 0.15) is 27.2 Å². The smallest absolute Gasteiger partial charge is 0.319 e. The Kier molecular flexibility index (Phi) is 4.52. The molecule has 0 fully saturated rings. The maximum absolute atomic E-state index is 10.9. The Morgan fingerprint density at radius 2 is 2.10 bits per heavy atom. The quantitative estimate of drug-likeness (QED) is 0.504. The van der Waals surface area contributed by atoms with E-state index in [9.17, 15) is 4.79 Å². The molecule has 0 spiro atoms. The number of hydrogen-bond acceptors (Lipinski definition) is 3. The third-order valence-electron chi connectivity index (χ3n) is 1.01. The minimum absolute atomic E-state index is 0.0336. The lowest BCUT2D eigenvalue weighted by atomic mass is 10.3. The predicted molar refractivity (Wildman–Crippen MR) is 44.3 cm³/mol. The van der Waals surface area contributed by atoms with E-state index in [1.165, 1.54) is 0 Å². The summed E-state index contributed by atoms with van der Waals surface area (Å²) in [6, 6.07) is 0. The minimum Gasteiger partial charge on any atom is -0.462 e. The number of hydrogen-bond donors (Lipinski definition) is 1. The lowest BCUT2D eigenvalue weighted by molar-refractivity contribution is -0.146. The van der Waals surface area contributed by atoms with Crippen LogP contribution in [-0.4, -0.2) is 17.3 Å². The highest BCUT2D eigenvalue weighted by Crippen LogP contribution is 2.04. The van der Waals surface area contributed by atoms with Crippen LogP contribution in [0, 0.1) is 0 Å². The van der Waals surface area contributed by atoms with Crippen LogP contribution in [0.5, 0.6) is 0 Å². The molecule has 2 nitrogen and oxygen atoms in total. The predicted octanol–water partition coefficient (Wildman–Crippen LogP) is 1.65. The van der Waals surface area contributed by atoms with Crippen molar-refractivity contribution >= 4 is 18.6 Å². The Hall–Kier alpha value is -0.180. The molecule has 0 heterocycles. The molecule has 0 aromatic carbocycles. The zero-order valence-electron chi connectivity index (χ0n) is 6.63. The number of esters is 1. The summed E-state index contributed by atoms with van der Waals surface area (Å²) in [6.45, 7) is 5.56. The minimum atomic E-state index is -0.262. The molecule has 0 aromatic rings. The number of rotatable bonds is 3. The largest absolute Gasteiger partial charge is 0.462 e. The number of carbonyl (C=O) groups excluding carboxylic acids is 1. The first-order valence-corrected chi connectivity index (χ1v) is 3.98. The summed E-state index contributed by atoms with van der Waals surface area (Å²) in [7, 11) is 0. The third-order valence-corrected chi connectivity index (χ3v) is 1.59. The van der Waals surface area contributed by atoms with E-state index in [1.54, 1.807) is 0 Å². The monoisotopic (exact) mass is 162 g/mol. The second kappa shape index (κ2) is 4.61. The van der Waals surface area contributed by atoms with Crippen LogP contribution >= 0.6 is 12.6 Å². The number of carbonyl (C=O) groups is 1. The van der Waals surface area contributed by atoms with Gasteiger partial charge in [0.25, 0.3) is 0 Å². The molecule has 0 amide bonds. The summed E-state index contributed by atoms with van der Waals surface area (Å²) in [5, 5.41) is -0.262. The van der Waals surface area contributed by atoms with Crippen molar-refractivity contribution in [1.82, 2.24) is 0 Å². The molecule has 3 heteroatoms. The van der Waals surface area contributed by atoms with Gasteiger partial charge in [0.15, 0.2) is 0 Å². The average Bonchev–Trinajstić information content (AvgIpc) is 1.85. The molecule has 1 unspecified atom stereocenters. The Morgan fingerprint density at radius 1 is 1.60 bits per heavy atom. The van der Waals surface area contributed by atoms with Crippen molar-refractivity contribution in [3.8, 4) is 0 Å². The van der Waals surface area contributed by atoms with Crippen LogP contribution in [0.15, 0.2) is 0 Å². The SMILES string of the molecule is CCC(S)C(=O)OC(C)C. The second-order valence-corrected chi connectivity index (χ2v) is 3.03. The van der Waals surface area contributed by atoms with Gasteiger partial charge in [-0.2, -0.15) is 12.6 Å². The fourth-order valence-electron chi connectivity index (χ4n) is 0.478. The topological polar surface area (TPSA) is 26.3 Å². The zero-order valence-corrected chi connectivity index (χ0v) is 7.52. The van der Waals surface area contributed by atoms with E-state index in [0.29, 0.717) is 6.42 Å². The lowest BCUT2D eigenvalue weighted by Crippen LogP contribution is -2.20. The van der Waals surface area contributed by atoms with Crippen molar-refractivity contribution in [2.45, 2.75) is 38.5 Å². The molecule has 0 aliphatic carbocycles. The highest BCUT2D eigenvalue weighted by atomic mass is 32.1. The summed E-state index contributed by atoms with van der Waals surface area (Å²) in [5.74, 6) is -0.221. The van der Waals surface area contributed by atoms with Crippen molar-refractivity contribution in [3.05, 3.63) is 0 Å². The Morgan fingerprint density at radius 3 is 2.40 bits per heavy atom. The van der Waals surface area contributed by atoms with Gasteiger partial charge in [-0.1, -0.05) is 6.92 Å². The van der Waals surface area contributed by atoms with Gasteiger partial charge in [-0.05, 0) is 20.3 Å². The molecule has 0 aromatic heterocycles. The van der Waals surface area contributed by atoms with Crippen molar-refractivity contribution in [1.29, 1.82) is 0 Å². The molecule has 0 radical (unpaired) electrons. The van der Waals surface area contributed by atoms with Crippen molar-refractivity contribution in [3.63, 3.8) is 0 Å². The molecule has 0 N–H and O–H groups in total. The normalized spacial score (nSPS) is 13.3. The fraction of sp³-hybridized carbons (Fsp3) is 0.857. The highest BCUT2D eigenvalue weighted by molar-refractivity contribution is 7.81. The van der Waals surface area contributed by atoms with E-state index >= 15 is 0 Å². The van der Waals surface area contributed by atoms with Crippen LogP contribution in [-0.2, 0) is 9.53 Å². The Labute approximate surface area is 67.4 Å². The van der Waals surface area contributed by atoms with Crippen molar-refractivity contribution < 1.29 is 9.53 Å².